The highest BCUT2D eigenvalue weighted by Crippen LogP contribution is 2.12. The van der Waals surface area contributed by atoms with Gasteiger partial charge in [0.15, 0.2) is 5.96 Å². The summed E-state index contributed by atoms with van der Waals surface area (Å²) >= 11 is 0. The second kappa shape index (κ2) is 7.05. The monoisotopic (exact) mass is 248 g/mol. The van der Waals surface area contributed by atoms with E-state index in [1.165, 1.54) is 12.1 Å². The van der Waals surface area contributed by atoms with Crippen molar-refractivity contribution in [1.82, 2.24) is 10.6 Å². The number of rotatable bonds is 5. The van der Waals surface area contributed by atoms with Crippen molar-refractivity contribution in [3.8, 4) is 0 Å². The lowest BCUT2D eigenvalue weighted by atomic mass is 10.2. The van der Waals surface area contributed by atoms with Crippen LogP contribution in [0, 0.1) is 10.1 Å². The number of nitro benzene ring substituents is 1. The zero-order valence-corrected chi connectivity index (χ0v) is 10.2. The number of benzene rings is 1. The summed E-state index contributed by atoms with van der Waals surface area (Å²) in [4.78, 5) is 14.2. The second-order valence-electron chi connectivity index (χ2n) is 3.52. The third-order valence-electron chi connectivity index (χ3n) is 2.22. The van der Waals surface area contributed by atoms with Crippen LogP contribution < -0.4 is 10.6 Å². The van der Waals surface area contributed by atoms with E-state index in [0.717, 1.165) is 5.56 Å². The summed E-state index contributed by atoms with van der Waals surface area (Å²) in [7, 11) is 1.66. The molecule has 0 bridgehead atoms. The summed E-state index contributed by atoms with van der Waals surface area (Å²) < 4.78 is 0. The highest BCUT2D eigenvalue weighted by Gasteiger charge is 2.05. The van der Waals surface area contributed by atoms with Gasteiger partial charge in [-0.25, -0.2) is 0 Å². The van der Waals surface area contributed by atoms with Gasteiger partial charge in [0, 0.05) is 32.3 Å². The zero-order chi connectivity index (χ0) is 13.4. The molecule has 6 heteroatoms. The molecule has 0 amide bonds. The van der Waals surface area contributed by atoms with Crippen molar-refractivity contribution < 1.29 is 4.92 Å². The van der Waals surface area contributed by atoms with Crippen LogP contribution in [0.1, 0.15) is 5.56 Å². The van der Waals surface area contributed by atoms with E-state index in [0.29, 0.717) is 19.0 Å². The molecule has 0 fully saturated rings. The minimum absolute atomic E-state index is 0.0864. The number of hydrogen-bond acceptors (Lipinski definition) is 3. The Hall–Kier alpha value is -2.37. The van der Waals surface area contributed by atoms with Gasteiger partial charge in [-0.15, -0.1) is 6.58 Å². The smallest absolute Gasteiger partial charge is 0.269 e. The summed E-state index contributed by atoms with van der Waals surface area (Å²) in [5, 5.41) is 16.7. The number of aliphatic imine (C=N–C) groups is 1. The average molecular weight is 248 g/mol. The molecule has 0 aliphatic heterocycles. The number of non-ortho nitro benzene ring substituents is 1. The molecule has 96 valence electrons. The number of nitro groups is 1. The lowest BCUT2D eigenvalue weighted by Crippen LogP contribution is -2.36. The normalized spacial score (nSPS) is 10.8. The highest BCUT2D eigenvalue weighted by atomic mass is 16.6. The fraction of sp³-hybridized carbons (Fsp3) is 0.250. The highest BCUT2D eigenvalue weighted by molar-refractivity contribution is 5.79. The molecular weight excluding hydrogens is 232 g/mol. The van der Waals surface area contributed by atoms with Crippen molar-refractivity contribution >= 4 is 11.6 Å². The van der Waals surface area contributed by atoms with Crippen LogP contribution in [-0.2, 0) is 6.54 Å². The predicted molar refractivity (Wildman–Crippen MR) is 71.5 cm³/mol. The summed E-state index contributed by atoms with van der Waals surface area (Å²) in [6, 6.07) is 6.48. The third kappa shape index (κ3) is 4.25. The van der Waals surface area contributed by atoms with Crippen LogP contribution in [0.4, 0.5) is 5.69 Å². The Kier molecular flexibility index (Phi) is 5.37. The average Bonchev–Trinajstić information content (AvgIpc) is 2.39. The summed E-state index contributed by atoms with van der Waals surface area (Å²) in [5.74, 6) is 0.626. The Morgan fingerprint density at radius 1 is 1.56 bits per heavy atom. The van der Waals surface area contributed by atoms with Gasteiger partial charge in [0.2, 0.25) is 0 Å². The van der Waals surface area contributed by atoms with Crippen LogP contribution in [0.25, 0.3) is 0 Å². The van der Waals surface area contributed by atoms with Gasteiger partial charge in [-0.3, -0.25) is 15.1 Å². The fourth-order valence-corrected chi connectivity index (χ4v) is 1.36. The minimum atomic E-state index is -0.408. The molecule has 0 radical (unpaired) electrons. The molecular formula is C12H16N4O2. The van der Waals surface area contributed by atoms with Gasteiger partial charge < -0.3 is 10.6 Å². The number of guanidine groups is 1. The van der Waals surface area contributed by atoms with Gasteiger partial charge in [-0.2, -0.15) is 0 Å². The molecule has 6 nitrogen and oxygen atoms in total. The molecule has 0 heterocycles. The van der Waals surface area contributed by atoms with Crippen LogP contribution in [0.2, 0.25) is 0 Å². The van der Waals surface area contributed by atoms with E-state index in [-0.39, 0.29) is 5.69 Å². The molecule has 0 unspecified atom stereocenters. The molecule has 1 aromatic rings. The molecule has 0 saturated carbocycles. The maximum absolute atomic E-state index is 10.6. The molecule has 1 rings (SSSR count). The first-order valence-corrected chi connectivity index (χ1v) is 5.46. The first kappa shape index (κ1) is 13.7. The van der Waals surface area contributed by atoms with E-state index in [9.17, 15) is 10.1 Å². The van der Waals surface area contributed by atoms with Crippen LogP contribution in [0.5, 0.6) is 0 Å². The first-order chi connectivity index (χ1) is 8.67. The van der Waals surface area contributed by atoms with E-state index in [1.807, 2.05) is 6.07 Å². The van der Waals surface area contributed by atoms with Gasteiger partial charge >= 0.3 is 0 Å². The van der Waals surface area contributed by atoms with Crippen molar-refractivity contribution in [3.05, 3.63) is 52.6 Å². The Morgan fingerprint density at radius 2 is 2.33 bits per heavy atom. The Bertz CT molecular complexity index is 457. The lowest BCUT2D eigenvalue weighted by Gasteiger charge is -2.10. The molecule has 0 aliphatic carbocycles. The van der Waals surface area contributed by atoms with E-state index < -0.39 is 4.92 Å². The molecule has 0 saturated heterocycles. The molecule has 0 aliphatic rings. The summed E-state index contributed by atoms with van der Waals surface area (Å²) in [6.07, 6.45) is 1.72. The largest absolute Gasteiger partial charge is 0.353 e. The van der Waals surface area contributed by atoms with Gasteiger partial charge in [-0.05, 0) is 5.56 Å². The standard InChI is InChI=1S/C12H16N4O2/c1-3-7-14-12(13-2)15-9-10-5-4-6-11(8-10)16(17)18/h3-6,8H,1,7,9H2,2H3,(H2,13,14,15). The maximum atomic E-state index is 10.6. The van der Waals surface area contributed by atoms with Crippen molar-refractivity contribution in [2.45, 2.75) is 6.54 Å². The van der Waals surface area contributed by atoms with Crippen molar-refractivity contribution in [2.24, 2.45) is 4.99 Å². The molecule has 0 atom stereocenters. The van der Waals surface area contributed by atoms with Gasteiger partial charge in [0.05, 0.1) is 4.92 Å². The minimum Gasteiger partial charge on any atom is -0.353 e. The Balaban J connectivity index is 2.59. The van der Waals surface area contributed by atoms with Crippen LogP contribution in [-0.4, -0.2) is 24.5 Å². The maximum Gasteiger partial charge on any atom is 0.269 e. The van der Waals surface area contributed by atoms with Crippen molar-refractivity contribution in [3.63, 3.8) is 0 Å². The third-order valence-corrected chi connectivity index (χ3v) is 2.22. The topological polar surface area (TPSA) is 79.6 Å². The Labute approximate surface area is 106 Å². The number of nitrogens with zero attached hydrogens (tertiary/aromatic N) is 2. The van der Waals surface area contributed by atoms with E-state index in [2.05, 4.69) is 22.2 Å². The Morgan fingerprint density at radius 3 is 2.94 bits per heavy atom. The van der Waals surface area contributed by atoms with Crippen LogP contribution >= 0.6 is 0 Å². The van der Waals surface area contributed by atoms with Crippen LogP contribution in [0.15, 0.2) is 41.9 Å². The number of nitrogens with one attached hydrogen (secondary N) is 2. The summed E-state index contributed by atoms with van der Waals surface area (Å²) in [5.41, 5.74) is 0.911. The molecule has 0 aromatic heterocycles. The van der Waals surface area contributed by atoms with E-state index >= 15 is 0 Å². The van der Waals surface area contributed by atoms with Crippen LogP contribution in [0.3, 0.4) is 0 Å². The second-order valence-corrected chi connectivity index (χ2v) is 3.52. The zero-order valence-electron chi connectivity index (χ0n) is 10.2. The number of hydrogen-bond donors (Lipinski definition) is 2. The molecule has 18 heavy (non-hydrogen) atoms. The molecule has 0 spiro atoms. The molecule has 1 aromatic carbocycles. The van der Waals surface area contributed by atoms with Gasteiger partial charge in [0.1, 0.15) is 0 Å². The predicted octanol–water partition coefficient (Wildman–Crippen LogP) is 1.45. The quantitative estimate of drug-likeness (QED) is 0.272. The van der Waals surface area contributed by atoms with Crippen molar-refractivity contribution in [2.75, 3.05) is 13.6 Å². The molecule has 2 N–H and O–H groups in total. The summed E-state index contributed by atoms with van der Waals surface area (Å²) in [6.45, 7) is 4.67. The van der Waals surface area contributed by atoms with Gasteiger partial charge in [0.25, 0.3) is 5.69 Å². The SMILES string of the molecule is C=CCNC(=NC)NCc1cccc([N+](=O)[O-])c1. The fourth-order valence-electron chi connectivity index (χ4n) is 1.36. The van der Waals surface area contributed by atoms with Gasteiger partial charge in [-0.1, -0.05) is 18.2 Å². The van der Waals surface area contributed by atoms with E-state index in [1.54, 1.807) is 19.2 Å². The lowest BCUT2D eigenvalue weighted by molar-refractivity contribution is -0.384. The van der Waals surface area contributed by atoms with Crippen molar-refractivity contribution in [1.29, 1.82) is 0 Å². The van der Waals surface area contributed by atoms with E-state index in [4.69, 9.17) is 0 Å². The first-order valence-electron chi connectivity index (χ1n) is 5.46.